The standard InChI is InChI=1S/C19H22FN5O/c20-16-10-22-18(23-11-16)24-9-1-5-19(13-24)6-2-17(26)25(14-19)12-15-3-7-21-8-4-15/h3-4,7-8,10-11H,1-2,5-6,9,12-14H2. The van der Waals surface area contributed by atoms with Crippen molar-refractivity contribution in [2.75, 3.05) is 24.5 Å². The zero-order valence-corrected chi connectivity index (χ0v) is 14.6. The number of halogens is 1. The first-order valence-electron chi connectivity index (χ1n) is 9.03. The molecule has 1 atom stereocenters. The summed E-state index contributed by atoms with van der Waals surface area (Å²) in [6.07, 6.45) is 9.51. The highest BCUT2D eigenvalue weighted by molar-refractivity contribution is 5.77. The first-order chi connectivity index (χ1) is 12.6. The summed E-state index contributed by atoms with van der Waals surface area (Å²) in [6, 6.07) is 3.90. The zero-order valence-electron chi connectivity index (χ0n) is 14.6. The Balaban J connectivity index is 1.49. The fourth-order valence-electron chi connectivity index (χ4n) is 4.14. The average molecular weight is 355 g/mol. The quantitative estimate of drug-likeness (QED) is 0.846. The normalized spacial score (nSPS) is 23.5. The third kappa shape index (κ3) is 3.52. The van der Waals surface area contributed by atoms with E-state index in [-0.39, 0.29) is 11.3 Å². The second-order valence-electron chi connectivity index (χ2n) is 7.33. The molecule has 0 radical (unpaired) electrons. The maximum Gasteiger partial charge on any atom is 0.225 e. The minimum atomic E-state index is -0.424. The molecule has 2 saturated heterocycles. The highest BCUT2D eigenvalue weighted by Crippen LogP contribution is 2.40. The van der Waals surface area contributed by atoms with Crippen molar-refractivity contribution in [2.45, 2.75) is 32.2 Å². The molecule has 0 aliphatic carbocycles. The topological polar surface area (TPSA) is 62.2 Å². The summed E-state index contributed by atoms with van der Waals surface area (Å²) in [6.45, 7) is 3.03. The van der Waals surface area contributed by atoms with Gasteiger partial charge < -0.3 is 9.80 Å². The molecule has 2 aliphatic rings. The van der Waals surface area contributed by atoms with Gasteiger partial charge in [0.1, 0.15) is 0 Å². The molecule has 0 N–H and O–H groups in total. The summed E-state index contributed by atoms with van der Waals surface area (Å²) in [7, 11) is 0. The van der Waals surface area contributed by atoms with Gasteiger partial charge in [0.2, 0.25) is 11.9 Å². The van der Waals surface area contributed by atoms with Gasteiger partial charge in [0, 0.05) is 50.4 Å². The van der Waals surface area contributed by atoms with Crippen LogP contribution >= 0.6 is 0 Å². The number of amides is 1. The number of anilines is 1. The predicted molar refractivity (Wildman–Crippen MR) is 94.8 cm³/mol. The van der Waals surface area contributed by atoms with Crippen molar-refractivity contribution >= 4 is 11.9 Å². The Labute approximate surface area is 152 Å². The van der Waals surface area contributed by atoms with Crippen molar-refractivity contribution in [2.24, 2.45) is 5.41 Å². The van der Waals surface area contributed by atoms with E-state index < -0.39 is 5.82 Å². The number of rotatable bonds is 3. The van der Waals surface area contributed by atoms with Crippen molar-refractivity contribution < 1.29 is 9.18 Å². The number of carbonyl (C=O) groups excluding carboxylic acids is 1. The summed E-state index contributed by atoms with van der Waals surface area (Å²) >= 11 is 0. The summed E-state index contributed by atoms with van der Waals surface area (Å²) in [5, 5.41) is 0. The minimum Gasteiger partial charge on any atom is -0.340 e. The molecule has 0 saturated carbocycles. The van der Waals surface area contributed by atoms with Gasteiger partial charge in [-0.3, -0.25) is 9.78 Å². The van der Waals surface area contributed by atoms with Crippen LogP contribution in [0.5, 0.6) is 0 Å². The van der Waals surface area contributed by atoms with Crippen LogP contribution in [0.15, 0.2) is 36.9 Å². The fourth-order valence-corrected chi connectivity index (χ4v) is 4.14. The van der Waals surface area contributed by atoms with Gasteiger partial charge in [0.15, 0.2) is 5.82 Å². The largest absolute Gasteiger partial charge is 0.340 e. The second kappa shape index (κ2) is 6.97. The first kappa shape index (κ1) is 16.9. The molecule has 4 rings (SSSR count). The maximum atomic E-state index is 13.1. The third-order valence-corrected chi connectivity index (χ3v) is 5.42. The number of hydrogen-bond donors (Lipinski definition) is 0. The highest BCUT2D eigenvalue weighted by atomic mass is 19.1. The Morgan fingerprint density at radius 1 is 1.12 bits per heavy atom. The SMILES string of the molecule is O=C1CCC2(CCCN(c3ncc(F)cn3)C2)CN1Cc1ccncc1. The average Bonchev–Trinajstić information content (AvgIpc) is 2.67. The molecule has 136 valence electrons. The van der Waals surface area contributed by atoms with Gasteiger partial charge in [0.05, 0.1) is 12.4 Å². The molecule has 0 aromatic carbocycles. The summed E-state index contributed by atoms with van der Waals surface area (Å²) in [5.41, 5.74) is 1.15. The van der Waals surface area contributed by atoms with Crippen molar-refractivity contribution in [1.29, 1.82) is 0 Å². The van der Waals surface area contributed by atoms with Crippen LogP contribution in [0.3, 0.4) is 0 Å². The molecule has 2 aromatic heterocycles. The zero-order chi connectivity index (χ0) is 18.0. The van der Waals surface area contributed by atoms with E-state index >= 15 is 0 Å². The number of nitrogens with zero attached hydrogens (tertiary/aromatic N) is 5. The van der Waals surface area contributed by atoms with E-state index in [4.69, 9.17) is 0 Å². The molecule has 2 fully saturated rings. The van der Waals surface area contributed by atoms with Crippen LogP contribution in [0.2, 0.25) is 0 Å². The smallest absolute Gasteiger partial charge is 0.225 e. The first-order valence-corrected chi connectivity index (χ1v) is 9.03. The molecule has 4 heterocycles. The number of likely N-dealkylation sites (tertiary alicyclic amines) is 1. The summed E-state index contributed by atoms with van der Waals surface area (Å²) < 4.78 is 13.1. The third-order valence-electron chi connectivity index (χ3n) is 5.42. The molecule has 0 bridgehead atoms. The molecule has 1 amide bonds. The van der Waals surface area contributed by atoms with Crippen LogP contribution in [-0.4, -0.2) is 45.4 Å². The molecule has 2 aromatic rings. The molecule has 26 heavy (non-hydrogen) atoms. The molecular weight excluding hydrogens is 333 g/mol. The van der Waals surface area contributed by atoms with Crippen LogP contribution in [0.1, 0.15) is 31.2 Å². The van der Waals surface area contributed by atoms with Crippen molar-refractivity contribution in [3.05, 3.63) is 48.3 Å². The second-order valence-corrected chi connectivity index (χ2v) is 7.33. The summed E-state index contributed by atoms with van der Waals surface area (Å²) in [4.78, 5) is 28.8. The highest BCUT2D eigenvalue weighted by Gasteiger charge is 2.42. The number of piperidine rings is 2. The lowest BCUT2D eigenvalue weighted by Crippen LogP contribution is -2.54. The van der Waals surface area contributed by atoms with Crippen LogP contribution in [0.4, 0.5) is 10.3 Å². The lowest BCUT2D eigenvalue weighted by molar-refractivity contribution is -0.138. The Bertz CT molecular complexity index is 769. The van der Waals surface area contributed by atoms with Gasteiger partial charge in [-0.25, -0.2) is 14.4 Å². The fraction of sp³-hybridized carbons (Fsp3) is 0.474. The van der Waals surface area contributed by atoms with Crippen LogP contribution in [-0.2, 0) is 11.3 Å². The van der Waals surface area contributed by atoms with Crippen LogP contribution in [0.25, 0.3) is 0 Å². The number of pyridine rings is 1. The number of carbonyl (C=O) groups is 1. The van der Waals surface area contributed by atoms with E-state index in [9.17, 15) is 9.18 Å². The molecular formula is C19H22FN5O. The maximum absolute atomic E-state index is 13.1. The molecule has 1 unspecified atom stereocenters. The monoisotopic (exact) mass is 355 g/mol. The van der Waals surface area contributed by atoms with E-state index in [1.54, 1.807) is 12.4 Å². The Morgan fingerprint density at radius 2 is 1.88 bits per heavy atom. The van der Waals surface area contributed by atoms with Crippen molar-refractivity contribution in [1.82, 2.24) is 19.9 Å². The lowest BCUT2D eigenvalue weighted by atomic mass is 9.73. The van der Waals surface area contributed by atoms with Gasteiger partial charge in [0.25, 0.3) is 0 Å². The van der Waals surface area contributed by atoms with E-state index in [1.165, 1.54) is 12.4 Å². The van der Waals surface area contributed by atoms with Crippen LogP contribution in [0, 0.1) is 11.2 Å². The van der Waals surface area contributed by atoms with Crippen molar-refractivity contribution in [3.8, 4) is 0 Å². The van der Waals surface area contributed by atoms with Gasteiger partial charge in [-0.15, -0.1) is 0 Å². The summed E-state index contributed by atoms with van der Waals surface area (Å²) in [5.74, 6) is 0.359. The van der Waals surface area contributed by atoms with Crippen molar-refractivity contribution in [3.63, 3.8) is 0 Å². The Kier molecular flexibility index (Phi) is 4.53. The van der Waals surface area contributed by atoms with Gasteiger partial charge >= 0.3 is 0 Å². The van der Waals surface area contributed by atoms with E-state index in [1.807, 2.05) is 17.0 Å². The molecule has 2 aliphatic heterocycles. The van der Waals surface area contributed by atoms with Crippen LogP contribution < -0.4 is 4.90 Å². The minimum absolute atomic E-state index is 0.0525. The van der Waals surface area contributed by atoms with E-state index in [0.717, 1.165) is 44.5 Å². The van der Waals surface area contributed by atoms with Gasteiger partial charge in [-0.05, 0) is 37.0 Å². The van der Waals surface area contributed by atoms with Gasteiger partial charge in [-0.2, -0.15) is 0 Å². The Morgan fingerprint density at radius 3 is 2.65 bits per heavy atom. The lowest BCUT2D eigenvalue weighted by Gasteiger charge is -2.48. The number of hydrogen-bond acceptors (Lipinski definition) is 5. The molecule has 1 spiro atoms. The predicted octanol–water partition coefficient (Wildman–Crippen LogP) is 2.42. The van der Waals surface area contributed by atoms with E-state index in [2.05, 4.69) is 19.9 Å². The van der Waals surface area contributed by atoms with E-state index in [0.29, 0.717) is 18.9 Å². The number of aromatic nitrogens is 3. The molecule has 6 nitrogen and oxygen atoms in total. The van der Waals surface area contributed by atoms with Gasteiger partial charge in [-0.1, -0.05) is 0 Å². The Hall–Kier alpha value is -2.57. The molecule has 7 heteroatoms.